The molecule has 2 bridgehead atoms. The Morgan fingerprint density at radius 2 is 1.59 bits per heavy atom. The molecule has 2 N–H and O–H groups in total. The van der Waals surface area contributed by atoms with Crippen LogP contribution in [0, 0.1) is 23.7 Å². The van der Waals surface area contributed by atoms with Gasteiger partial charge < -0.3 is 10.6 Å². The summed E-state index contributed by atoms with van der Waals surface area (Å²) < 4.78 is 0. The summed E-state index contributed by atoms with van der Waals surface area (Å²) in [5.41, 5.74) is 0.683. The maximum Gasteiger partial charge on any atom is 0.320 e. The van der Waals surface area contributed by atoms with E-state index in [2.05, 4.69) is 22.8 Å². The molecule has 0 radical (unpaired) electrons. The van der Waals surface area contributed by atoms with Crippen molar-refractivity contribution in [3.8, 4) is 0 Å². The van der Waals surface area contributed by atoms with Crippen LogP contribution < -0.4 is 10.6 Å². The normalized spacial score (nSPS) is 28.5. The maximum atomic E-state index is 13.0. The molecule has 0 spiro atoms. The number of carbonyl (C=O) groups excluding carboxylic acids is 3. The van der Waals surface area contributed by atoms with Crippen LogP contribution in [0.2, 0.25) is 0 Å². The molecule has 6 rings (SSSR count). The van der Waals surface area contributed by atoms with Gasteiger partial charge in [-0.2, -0.15) is 0 Å². The van der Waals surface area contributed by atoms with E-state index in [-0.39, 0.29) is 35.5 Å². The Balaban J connectivity index is 1.31. The van der Waals surface area contributed by atoms with Crippen LogP contribution in [0.1, 0.15) is 19.8 Å². The molecule has 0 unspecified atom stereocenters. The molecule has 29 heavy (non-hydrogen) atoms. The second kappa shape index (κ2) is 6.72. The van der Waals surface area contributed by atoms with E-state index >= 15 is 0 Å². The molecule has 6 nitrogen and oxygen atoms in total. The lowest BCUT2D eigenvalue weighted by molar-refractivity contribution is -0.142. The van der Waals surface area contributed by atoms with Crippen molar-refractivity contribution in [3.63, 3.8) is 0 Å². The number of urea groups is 1. The Labute approximate surface area is 168 Å². The molecule has 0 aromatic heterocycles. The number of allylic oxidation sites excluding steroid dienone is 2. The monoisotopic (exact) mass is 389 g/mol. The third-order valence-corrected chi connectivity index (χ3v) is 6.56. The molecule has 1 heterocycles. The van der Waals surface area contributed by atoms with Gasteiger partial charge in [0.15, 0.2) is 0 Å². The highest BCUT2D eigenvalue weighted by Gasteiger charge is 2.57. The molecule has 5 atom stereocenters. The summed E-state index contributed by atoms with van der Waals surface area (Å²) in [5.74, 6) is -0.561. The van der Waals surface area contributed by atoms with Crippen molar-refractivity contribution >= 4 is 34.3 Å². The third-order valence-electron chi connectivity index (χ3n) is 6.56. The van der Waals surface area contributed by atoms with Crippen molar-refractivity contribution < 1.29 is 14.4 Å². The Hall–Kier alpha value is -3.15. The molecule has 2 fully saturated rings. The summed E-state index contributed by atoms with van der Waals surface area (Å²) >= 11 is 0. The van der Waals surface area contributed by atoms with Crippen molar-refractivity contribution in [2.24, 2.45) is 23.7 Å². The highest BCUT2D eigenvalue weighted by atomic mass is 16.2. The van der Waals surface area contributed by atoms with Gasteiger partial charge >= 0.3 is 6.03 Å². The molecule has 6 heteroatoms. The zero-order valence-electron chi connectivity index (χ0n) is 16.2. The first-order valence-electron chi connectivity index (χ1n) is 10.1. The Bertz CT molecular complexity index is 1010. The summed E-state index contributed by atoms with van der Waals surface area (Å²) in [6.07, 6.45) is 5.40. The van der Waals surface area contributed by atoms with E-state index in [4.69, 9.17) is 0 Å². The largest absolute Gasteiger partial charge is 0.320 e. The van der Waals surface area contributed by atoms with E-state index in [1.807, 2.05) is 42.5 Å². The molecule has 2 aromatic rings. The second-order valence-electron chi connectivity index (χ2n) is 8.19. The number of likely N-dealkylation sites (tertiary alicyclic amines) is 1. The Morgan fingerprint density at radius 3 is 2.24 bits per heavy atom. The number of nitrogens with one attached hydrogen (secondary N) is 2. The van der Waals surface area contributed by atoms with Gasteiger partial charge in [-0.15, -0.1) is 0 Å². The van der Waals surface area contributed by atoms with Crippen LogP contribution in [-0.2, 0) is 9.59 Å². The quantitative estimate of drug-likeness (QED) is 0.623. The SMILES string of the molecule is C[C@H](NC(=O)Nc1cccc2ccccc12)N1C(=O)[C@@H]2[C@@H](C1=O)[C@H]1C=C[C@H]2CC1. The van der Waals surface area contributed by atoms with Crippen LogP contribution in [0.15, 0.2) is 54.6 Å². The van der Waals surface area contributed by atoms with Crippen LogP contribution in [-0.4, -0.2) is 28.9 Å². The summed E-state index contributed by atoms with van der Waals surface area (Å²) in [6.45, 7) is 1.69. The number of hydrogen-bond acceptors (Lipinski definition) is 3. The fraction of sp³-hybridized carbons (Fsp3) is 0.348. The van der Waals surface area contributed by atoms with Crippen LogP contribution in [0.3, 0.4) is 0 Å². The number of fused-ring (bicyclic) bond motifs is 2. The van der Waals surface area contributed by atoms with Gasteiger partial charge in [-0.05, 0) is 43.1 Å². The minimum atomic E-state index is -0.699. The van der Waals surface area contributed by atoms with Gasteiger partial charge in [0.05, 0.1) is 17.5 Å². The van der Waals surface area contributed by atoms with E-state index in [0.29, 0.717) is 5.69 Å². The van der Waals surface area contributed by atoms with Crippen LogP contribution in [0.4, 0.5) is 10.5 Å². The molecule has 1 aliphatic heterocycles. The summed E-state index contributed by atoms with van der Waals surface area (Å²) in [6, 6.07) is 13.0. The molecular weight excluding hydrogens is 366 g/mol. The molecule has 3 aliphatic carbocycles. The number of anilines is 1. The lowest BCUT2D eigenvalue weighted by Crippen LogP contribution is -2.50. The highest BCUT2D eigenvalue weighted by Crippen LogP contribution is 2.49. The van der Waals surface area contributed by atoms with Gasteiger partial charge in [0.2, 0.25) is 11.8 Å². The lowest BCUT2D eigenvalue weighted by atomic mass is 9.63. The zero-order chi connectivity index (χ0) is 20.1. The van der Waals surface area contributed by atoms with Crippen molar-refractivity contribution in [1.82, 2.24) is 10.2 Å². The number of amides is 4. The topological polar surface area (TPSA) is 78.5 Å². The number of nitrogens with zero attached hydrogens (tertiary/aromatic N) is 1. The predicted molar refractivity (Wildman–Crippen MR) is 110 cm³/mol. The maximum absolute atomic E-state index is 13.0. The zero-order valence-corrected chi connectivity index (χ0v) is 16.2. The summed E-state index contributed by atoms with van der Waals surface area (Å²) in [4.78, 5) is 39.9. The lowest BCUT2D eigenvalue weighted by Gasteiger charge is -2.38. The first-order valence-corrected chi connectivity index (χ1v) is 10.1. The molecule has 4 aliphatic rings. The van der Waals surface area contributed by atoms with Crippen molar-refractivity contribution in [3.05, 3.63) is 54.6 Å². The van der Waals surface area contributed by atoms with Crippen LogP contribution in [0.5, 0.6) is 0 Å². The number of benzene rings is 2. The van der Waals surface area contributed by atoms with E-state index in [1.165, 1.54) is 4.90 Å². The summed E-state index contributed by atoms with van der Waals surface area (Å²) in [7, 11) is 0. The van der Waals surface area contributed by atoms with E-state index < -0.39 is 12.2 Å². The van der Waals surface area contributed by atoms with Gasteiger partial charge in [0.1, 0.15) is 6.17 Å². The minimum Gasteiger partial charge on any atom is -0.317 e. The van der Waals surface area contributed by atoms with Gasteiger partial charge in [0, 0.05) is 5.39 Å². The standard InChI is InChI=1S/C23H23N3O3/c1-13(24-23(29)25-18-8-4-6-14-5-2-3-7-17(14)18)26-21(27)19-15-9-10-16(12-11-15)20(19)22(26)28/h2-10,13,15-16,19-20H,11-12H2,1H3,(H2,24,25,29)/t13-,15+,16+,19+,20+/m1/s1. The van der Waals surface area contributed by atoms with Crippen molar-refractivity contribution in [2.75, 3.05) is 5.32 Å². The molecular formula is C23H23N3O3. The van der Waals surface area contributed by atoms with Crippen molar-refractivity contribution in [1.29, 1.82) is 0 Å². The van der Waals surface area contributed by atoms with E-state index in [1.54, 1.807) is 6.92 Å². The molecule has 1 saturated carbocycles. The van der Waals surface area contributed by atoms with Gasteiger partial charge in [-0.25, -0.2) is 4.79 Å². The molecule has 148 valence electrons. The number of imide groups is 1. The smallest absolute Gasteiger partial charge is 0.317 e. The molecule has 1 saturated heterocycles. The minimum absolute atomic E-state index is 0.142. The van der Waals surface area contributed by atoms with E-state index in [0.717, 1.165) is 23.6 Å². The summed E-state index contributed by atoms with van der Waals surface area (Å²) in [5, 5.41) is 7.57. The fourth-order valence-electron chi connectivity index (χ4n) is 5.23. The van der Waals surface area contributed by atoms with Gasteiger partial charge in [-0.1, -0.05) is 48.6 Å². The average Bonchev–Trinajstić information content (AvgIpc) is 3.02. The van der Waals surface area contributed by atoms with Gasteiger partial charge in [-0.3, -0.25) is 14.5 Å². The van der Waals surface area contributed by atoms with Crippen LogP contribution in [0.25, 0.3) is 10.8 Å². The predicted octanol–water partition coefficient (Wildman–Crippen LogP) is 3.50. The van der Waals surface area contributed by atoms with Gasteiger partial charge in [0.25, 0.3) is 0 Å². The number of carbonyl (C=O) groups is 3. The Morgan fingerprint density at radius 1 is 0.966 bits per heavy atom. The van der Waals surface area contributed by atoms with E-state index in [9.17, 15) is 14.4 Å². The molecule has 4 amide bonds. The highest BCUT2D eigenvalue weighted by molar-refractivity contribution is 6.07. The van der Waals surface area contributed by atoms with Crippen LogP contribution >= 0.6 is 0 Å². The molecule has 2 aromatic carbocycles. The fourth-order valence-corrected chi connectivity index (χ4v) is 5.23. The first kappa shape index (κ1) is 17.9. The average molecular weight is 389 g/mol. The number of hydrogen-bond donors (Lipinski definition) is 2. The first-order chi connectivity index (χ1) is 14.0. The third kappa shape index (κ3) is 2.82. The van der Waals surface area contributed by atoms with Crippen molar-refractivity contribution in [2.45, 2.75) is 25.9 Å². The number of rotatable bonds is 3. The second-order valence-corrected chi connectivity index (χ2v) is 8.19. The Kier molecular flexibility index (Phi) is 4.15.